The molecule has 4 aromatic rings. The monoisotopic (exact) mass is 449 g/mol. The molecule has 0 aliphatic heterocycles. The summed E-state index contributed by atoms with van der Waals surface area (Å²) < 4.78 is 24.6. The largest absolute Gasteiger partial charge is 0.496 e. The molecule has 32 heavy (non-hydrogen) atoms. The number of hydrogen-bond donors (Lipinski definition) is 1. The molecule has 1 heterocycles. The molecule has 6 heteroatoms. The minimum absolute atomic E-state index is 0.277. The Morgan fingerprint density at radius 1 is 1.12 bits per heavy atom. The average Bonchev–Trinajstić information content (AvgIpc) is 3.18. The molecule has 4 rings (SSSR count). The van der Waals surface area contributed by atoms with Crippen LogP contribution in [0.15, 0.2) is 71.4 Å². The van der Waals surface area contributed by atoms with Gasteiger partial charge >= 0.3 is 0 Å². The molecule has 0 saturated carbocycles. The number of furan rings is 1. The van der Waals surface area contributed by atoms with E-state index in [9.17, 15) is 9.18 Å². The lowest BCUT2D eigenvalue weighted by Gasteiger charge is -2.11. The van der Waals surface area contributed by atoms with Crippen LogP contribution >= 0.6 is 11.6 Å². The van der Waals surface area contributed by atoms with E-state index in [1.54, 1.807) is 43.7 Å². The maximum atomic E-state index is 13.3. The molecular formula is C26H21ClFNO3. The van der Waals surface area contributed by atoms with Crippen molar-refractivity contribution in [2.45, 2.75) is 13.8 Å². The quantitative estimate of drug-likeness (QED) is 0.326. The third kappa shape index (κ3) is 4.39. The fourth-order valence-electron chi connectivity index (χ4n) is 3.56. The summed E-state index contributed by atoms with van der Waals surface area (Å²) in [7, 11) is 1.57. The summed E-state index contributed by atoms with van der Waals surface area (Å²) in [5.74, 6) is 0.00241. The standard InChI is InChI=1S/C26H21ClFNO3/c1-15-4-7-18(27)11-23(15)29-26(30)10-16(2)20-12-21-22(17-5-8-19(28)9-6-17)14-32-25(21)13-24(20)31-3/h4-14H,1-3H3,(H,29,30)/b16-10+. The van der Waals surface area contributed by atoms with Gasteiger partial charge in [-0.3, -0.25) is 4.79 Å². The number of anilines is 1. The van der Waals surface area contributed by atoms with Crippen molar-refractivity contribution in [1.82, 2.24) is 0 Å². The maximum Gasteiger partial charge on any atom is 0.248 e. The van der Waals surface area contributed by atoms with Crippen molar-refractivity contribution in [2.75, 3.05) is 12.4 Å². The van der Waals surface area contributed by atoms with Gasteiger partial charge in [-0.1, -0.05) is 29.8 Å². The molecule has 0 fully saturated rings. The molecule has 162 valence electrons. The van der Waals surface area contributed by atoms with Crippen molar-refractivity contribution in [2.24, 2.45) is 0 Å². The second kappa shape index (κ2) is 8.89. The Hall–Kier alpha value is -3.57. The number of methoxy groups -OCH3 is 1. The number of aryl methyl sites for hydroxylation is 1. The van der Waals surface area contributed by atoms with E-state index in [4.69, 9.17) is 20.8 Å². The van der Waals surface area contributed by atoms with Gasteiger partial charge in [-0.15, -0.1) is 0 Å². The lowest BCUT2D eigenvalue weighted by atomic mass is 9.99. The number of carbonyl (C=O) groups is 1. The van der Waals surface area contributed by atoms with Gasteiger partial charge in [0.05, 0.1) is 13.4 Å². The number of halogens is 2. The Balaban J connectivity index is 1.71. The first-order valence-corrected chi connectivity index (χ1v) is 10.3. The fraction of sp³-hybridized carbons (Fsp3) is 0.115. The molecule has 1 N–H and O–H groups in total. The van der Waals surface area contributed by atoms with Crippen molar-refractivity contribution in [3.8, 4) is 16.9 Å². The predicted octanol–water partition coefficient (Wildman–Crippen LogP) is 7.25. The van der Waals surface area contributed by atoms with E-state index in [1.165, 1.54) is 18.2 Å². The lowest BCUT2D eigenvalue weighted by Crippen LogP contribution is -2.09. The molecule has 0 bridgehead atoms. The summed E-state index contributed by atoms with van der Waals surface area (Å²) in [6.45, 7) is 3.74. The number of benzene rings is 3. The normalized spacial score (nSPS) is 11.6. The number of ether oxygens (including phenoxy) is 1. The highest BCUT2D eigenvalue weighted by Crippen LogP contribution is 2.37. The van der Waals surface area contributed by atoms with Crippen molar-refractivity contribution < 1.29 is 18.3 Å². The van der Waals surface area contributed by atoms with Crippen LogP contribution in [0.25, 0.3) is 27.7 Å². The highest BCUT2D eigenvalue weighted by molar-refractivity contribution is 6.31. The van der Waals surface area contributed by atoms with Crippen LogP contribution in [-0.2, 0) is 4.79 Å². The van der Waals surface area contributed by atoms with Crippen molar-refractivity contribution >= 4 is 39.7 Å². The van der Waals surface area contributed by atoms with Crippen molar-refractivity contribution in [3.63, 3.8) is 0 Å². The molecule has 1 aromatic heterocycles. The summed E-state index contributed by atoms with van der Waals surface area (Å²) in [4.78, 5) is 12.7. The van der Waals surface area contributed by atoms with Crippen LogP contribution < -0.4 is 10.1 Å². The summed E-state index contributed by atoms with van der Waals surface area (Å²) in [5.41, 5.74) is 5.33. The lowest BCUT2D eigenvalue weighted by molar-refractivity contribution is -0.111. The van der Waals surface area contributed by atoms with E-state index in [0.29, 0.717) is 27.6 Å². The van der Waals surface area contributed by atoms with Gasteiger partial charge in [0, 0.05) is 39.4 Å². The molecule has 0 radical (unpaired) electrons. The predicted molar refractivity (Wildman–Crippen MR) is 127 cm³/mol. The van der Waals surface area contributed by atoms with Gasteiger partial charge < -0.3 is 14.5 Å². The molecule has 0 saturated heterocycles. The van der Waals surface area contributed by atoms with Crippen LogP contribution in [0.5, 0.6) is 5.75 Å². The zero-order valence-electron chi connectivity index (χ0n) is 17.8. The van der Waals surface area contributed by atoms with Crippen molar-refractivity contribution in [1.29, 1.82) is 0 Å². The second-order valence-electron chi connectivity index (χ2n) is 7.48. The molecule has 0 unspecified atom stereocenters. The molecule has 0 spiro atoms. The molecule has 0 atom stereocenters. The Morgan fingerprint density at radius 2 is 1.88 bits per heavy atom. The van der Waals surface area contributed by atoms with Crippen LogP contribution in [0.3, 0.4) is 0 Å². The second-order valence-corrected chi connectivity index (χ2v) is 7.92. The average molecular weight is 450 g/mol. The van der Waals surface area contributed by atoms with Gasteiger partial charge in [0.2, 0.25) is 5.91 Å². The summed E-state index contributed by atoms with van der Waals surface area (Å²) in [6.07, 6.45) is 3.15. The Kier molecular flexibility index (Phi) is 6.01. The van der Waals surface area contributed by atoms with Gasteiger partial charge in [-0.25, -0.2) is 4.39 Å². The number of allylic oxidation sites excluding steroid dienone is 1. The number of amides is 1. The van der Waals surface area contributed by atoms with Gasteiger partial charge in [-0.05, 0) is 60.9 Å². The number of fused-ring (bicyclic) bond motifs is 1. The highest BCUT2D eigenvalue weighted by Gasteiger charge is 2.15. The molecule has 0 aliphatic carbocycles. The highest BCUT2D eigenvalue weighted by atomic mass is 35.5. The zero-order chi connectivity index (χ0) is 22.8. The van der Waals surface area contributed by atoms with E-state index in [0.717, 1.165) is 27.6 Å². The Morgan fingerprint density at radius 3 is 2.59 bits per heavy atom. The van der Waals surface area contributed by atoms with Crippen LogP contribution in [0, 0.1) is 12.7 Å². The third-order valence-electron chi connectivity index (χ3n) is 5.28. The Labute approximate surface area is 190 Å². The van der Waals surface area contributed by atoms with Crippen LogP contribution in [0.2, 0.25) is 5.02 Å². The molecular weight excluding hydrogens is 429 g/mol. The van der Waals surface area contributed by atoms with Crippen LogP contribution in [-0.4, -0.2) is 13.0 Å². The summed E-state index contributed by atoms with van der Waals surface area (Å²) in [5, 5.41) is 4.26. The van der Waals surface area contributed by atoms with E-state index in [2.05, 4.69) is 5.32 Å². The van der Waals surface area contributed by atoms with Crippen molar-refractivity contribution in [3.05, 3.63) is 88.9 Å². The van der Waals surface area contributed by atoms with E-state index >= 15 is 0 Å². The van der Waals surface area contributed by atoms with E-state index in [-0.39, 0.29) is 11.7 Å². The smallest absolute Gasteiger partial charge is 0.248 e. The van der Waals surface area contributed by atoms with Gasteiger partial charge in [0.25, 0.3) is 0 Å². The summed E-state index contributed by atoms with van der Waals surface area (Å²) >= 11 is 6.05. The van der Waals surface area contributed by atoms with Crippen LogP contribution in [0.1, 0.15) is 18.1 Å². The molecule has 3 aromatic carbocycles. The van der Waals surface area contributed by atoms with E-state index < -0.39 is 0 Å². The topological polar surface area (TPSA) is 51.5 Å². The summed E-state index contributed by atoms with van der Waals surface area (Å²) in [6, 6.07) is 15.3. The number of nitrogens with one attached hydrogen (secondary N) is 1. The van der Waals surface area contributed by atoms with E-state index in [1.807, 2.05) is 26.0 Å². The first-order valence-electron chi connectivity index (χ1n) is 9.96. The fourth-order valence-corrected chi connectivity index (χ4v) is 3.73. The minimum Gasteiger partial charge on any atom is -0.496 e. The SMILES string of the molecule is COc1cc2occ(-c3ccc(F)cc3)c2cc1/C(C)=C/C(=O)Nc1cc(Cl)ccc1C. The number of rotatable bonds is 5. The Bertz CT molecular complexity index is 1340. The molecule has 4 nitrogen and oxygen atoms in total. The molecule has 0 aliphatic rings. The number of carbonyl (C=O) groups excluding carboxylic acids is 1. The minimum atomic E-state index is -0.302. The number of hydrogen-bond acceptors (Lipinski definition) is 3. The van der Waals surface area contributed by atoms with Gasteiger partial charge in [0.1, 0.15) is 17.1 Å². The van der Waals surface area contributed by atoms with Gasteiger partial charge in [0.15, 0.2) is 0 Å². The third-order valence-corrected chi connectivity index (χ3v) is 5.52. The maximum absolute atomic E-state index is 13.3. The van der Waals surface area contributed by atoms with Gasteiger partial charge in [-0.2, -0.15) is 0 Å². The molecule has 1 amide bonds. The van der Waals surface area contributed by atoms with Crippen LogP contribution in [0.4, 0.5) is 10.1 Å². The first kappa shape index (κ1) is 21.7. The zero-order valence-corrected chi connectivity index (χ0v) is 18.6. The first-order chi connectivity index (χ1) is 15.4.